The van der Waals surface area contributed by atoms with Crippen LogP contribution >= 0.6 is 15.9 Å². The van der Waals surface area contributed by atoms with E-state index in [4.69, 9.17) is 15.7 Å². The van der Waals surface area contributed by atoms with E-state index in [9.17, 15) is 4.79 Å². The highest BCUT2D eigenvalue weighted by atomic mass is 79.9. The first-order valence-electron chi connectivity index (χ1n) is 5.99. The number of nitrogens with one attached hydrogen (secondary N) is 1. The third kappa shape index (κ3) is 3.33. The molecule has 106 valence electrons. The van der Waals surface area contributed by atoms with Gasteiger partial charge in [-0.2, -0.15) is 5.26 Å². The second kappa shape index (κ2) is 6.29. The van der Waals surface area contributed by atoms with Gasteiger partial charge in [0, 0.05) is 10.0 Å². The number of nitrogens with zero attached hydrogens (tertiary/aromatic N) is 1. The monoisotopic (exact) mass is 345 g/mol. The van der Waals surface area contributed by atoms with Crippen LogP contribution in [-0.4, -0.2) is 13.0 Å². The number of methoxy groups -OCH3 is 1. The van der Waals surface area contributed by atoms with Crippen molar-refractivity contribution < 1.29 is 9.53 Å². The number of carbonyl (C=O) groups excluding carboxylic acids is 1. The Morgan fingerprint density at radius 1 is 1.33 bits per heavy atom. The van der Waals surface area contributed by atoms with Gasteiger partial charge in [0.15, 0.2) is 0 Å². The van der Waals surface area contributed by atoms with Gasteiger partial charge >= 0.3 is 0 Å². The van der Waals surface area contributed by atoms with Gasteiger partial charge in [-0.15, -0.1) is 0 Å². The van der Waals surface area contributed by atoms with Crippen molar-refractivity contribution in [2.75, 3.05) is 18.2 Å². The van der Waals surface area contributed by atoms with E-state index in [1.54, 1.807) is 36.4 Å². The molecule has 0 bridgehead atoms. The minimum atomic E-state index is -0.341. The van der Waals surface area contributed by atoms with Crippen LogP contribution < -0.4 is 15.8 Å². The SMILES string of the molecule is COc1cc(C(=O)Nc2ccc(Br)cc2C#N)ccc1N. The average molecular weight is 346 g/mol. The number of benzene rings is 2. The van der Waals surface area contributed by atoms with Crippen molar-refractivity contribution in [3.63, 3.8) is 0 Å². The number of carbonyl (C=O) groups is 1. The quantitative estimate of drug-likeness (QED) is 0.836. The molecule has 2 aromatic rings. The van der Waals surface area contributed by atoms with E-state index in [0.717, 1.165) is 4.47 Å². The first-order valence-corrected chi connectivity index (χ1v) is 6.79. The lowest BCUT2D eigenvalue weighted by Gasteiger charge is -2.09. The Kier molecular flexibility index (Phi) is 4.45. The molecule has 0 aliphatic carbocycles. The molecule has 0 aliphatic rings. The second-order valence-corrected chi connectivity index (χ2v) is 5.13. The van der Waals surface area contributed by atoms with Gasteiger partial charge in [0.2, 0.25) is 0 Å². The number of nitrogen functional groups attached to an aromatic ring is 1. The summed E-state index contributed by atoms with van der Waals surface area (Å²) in [5.74, 6) is 0.0890. The molecule has 2 aromatic carbocycles. The highest BCUT2D eigenvalue weighted by Crippen LogP contribution is 2.24. The average Bonchev–Trinajstić information content (AvgIpc) is 2.49. The first kappa shape index (κ1) is 14.9. The predicted octanol–water partition coefficient (Wildman–Crippen LogP) is 3.16. The minimum absolute atomic E-state index is 0.341. The van der Waals surface area contributed by atoms with Gasteiger partial charge < -0.3 is 15.8 Å². The van der Waals surface area contributed by atoms with Crippen molar-refractivity contribution in [1.29, 1.82) is 5.26 Å². The summed E-state index contributed by atoms with van der Waals surface area (Å²) >= 11 is 3.28. The zero-order chi connectivity index (χ0) is 15.4. The Hall–Kier alpha value is -2.52. The van der Waals surface area contributed by atoms with Crippen LogP contribution in [-0.2, 0) is 0 Å². The number of nitrogens with two attached hydrogens (primary N) is 1. The topological polar surface area (TPSA) is 88.1 Å². The maximum Gasteiger partial charge on any atom is 0.255 e. The molecule has 0 atom stereocenters. The fraction of sp³-hybridized carbons (Fsp3) is 0.0667. The van der Waals surface area contributed by atoms with Crippen LogP contribution in [0.2, 0.25) is 0 Å². The Balaban J connectivity index is 2.28. The molecule has 0 aromatic heterocycles. The van der Waals surface area contributed by atoms with E-state index in [2.05, 4.69) is 21.2 Å². The molecule has 1 amide bonds. The molecule has 3 N–H and O–H groups in total. The summed E-state index contributed by atoms with van der Waals surface area (Å²) in [6.07, 6.45) is 0. The highest BCUT2D eigenvalue weighted by Gasteiger charge is 2.11. The van der Waals surface area contributed by atoms with E-state index in [-0.39, 0.29) is 5.91 Å². The Morgan fingerprint density at radius 3 is 2.76 bits per heavy atom. The van der Waals surface area contributed by atoms with Crippen molar-refractivity contribution in [2.24, 2.45) is 0 Å². The number of ether oxygens (including phenoxy) is 1. The van der Waals surface area contributed by atoms with E-state index in [1.165, 1.54) is 7.11 Å². The third-order valence-electron chi connectivity index (χ3n) is 2.85. The molecule has 0 spiro atoms. The van der Waals surface area contributed by atoms with Crippen molar-refractivity contribution in [1.82, 2.24) is 0 Å². The number of nitriles is 1. The summed E-state index contributed by atoms with van der Waals surface area (Å²) in [6.45, 7) is 0. The Morgan fingerprint density at radius 2 is 2.10 bits per heavy atom. The molecule has 0 radical (unpaired) electrons. The van der Waals surface area contributed by atoms with E-state index in [0.29, 0.717) is 28.3 Å². The summed E-state index contributed by atoms with van der Waals surface area (Å²) < 4.78 is 5.85. The summed E-state index contributed by atoms with van der Waals surface area (Å²) in [5, 5.41) is 11.8. The maximum atomic E-state index is 12.2. The van der Waals surface area contributed by atoms with E-state index >= 15 is 0 Å². The largest absolute Gasteiger partial charge is 0.495 e. The number of halogens is 1. The summed E-state index contributed by atoms with van der Waals surface area (Å²) in [7, 11) is 1.48. The summed E-state index contributed by atoms with van der Waals surface area (Å²) in [6, 6.07) is 11.8. The fourth-order valence-corrected chi connectivity index (χ4v) is 2.13. The normalized spacial score (nSPS) is 9.76. The lowest BCUT2D eigenvalue weighted by molar-refractivity contribution is 0.102. The molecule has 0 fully saturated rings. The van der Waals surface area contributed by atoms with Crippen molar-refractivity contribution in [3.8, 4) is 11.8 Å². The van der Waals surface area contributed by atoms with E-state index < -0.39 is 0 Å². The molecule has 0 heterocycles. The van der Waals surface area contributed by atoms with Crippen LogP contribution in [0.15, 0.2) is 40.9 Å². The van der Waals surface area contributed by atoms with Gasteiger partial charge in [-0.3, -0.25) is 4.79 Å². The second-order valence-electron chi connectivity index (χ2n) is 4.21. The number of hydrogen-bond donors (Lipinski definition) is 2. The standard InChI is InChI=1S/C15H12BrN3O2/c1-21-14-7-9(2-4-12(14)18)15(20)19-13-5-3-11(16)6-10(13)8-17/h2-7H,18H2,1H3,(H,19,20). The molecule has 6 heteroatoms. The zero-order valence-corrected chi connectivity index (χ0v) is 12.8. The van der Waals surface area contributed by atoms with Gasteiger partial charge in [0.1, 0.15) is 11.8 Å². The molecule has 21 heavy (non-hydrogen) atoms. The lowest BCUT2D eigenvalue weighted by Crippen LogP contribution is -2.13. The minimum Gasteiger partial charge on any atom is -0.495 e. The van der Waals surface area contributed by atoms with E-state index in [1.807, 2.05) is 6.07 Å². The molecule has 2 rings (SSSR count). The fourth-order valence-electron chi connectivity index (χ4n) is 1.76. The van der Waals surface area contributed by atoms with Gasteiger partial charge in [-0.05, 0) is 36.4 Å². The molecule has 0 aliphatic heterocycles. The predicted molar refractivity (Wildman–Crippen MR) is 84.2 cm³/mol. The smallest absolute Gasteiger partial charge is 0.255 e. The number of rotatable bonds is 3. The third-order valence-corrected chi connectivity index (χ3v) is 3.34. The zero-order valence-electron chi connectivity index (χ0n) is 11.2. The molecular formula is C15H12BrN3O2. The van der Waals surface area contributed by atoms with Crippen LogP contribution in [0.5, 0.6) is 5.75 Å². The molecule has 0 saturated carbocycles. The van der Waals surface area contributed by atoms with Crippen LogP contribution in [0.1, 0.15) is 15.9 Å². The number of amides is 1. The van der Waals surface area contributed by atoms with Crippen molar-refractivity contribution in [3.05, 3.63) is 52.0 Å². The van der Waals surface area contributed by atoms with Gasteiger partial charge in [-0.1, -0.05) is 15.9 Å². The molecule has 0 unspecified atom stereocenters. The highest BCUT2D eigenvalue weighted by molar-refractivity contribution is 9.10. The number of hydrogen-bond acceptors (Lipinski definition) is 4. The van der Waals surface area contributed by atoms with Crippen molar-refractivity contribution in [2.45, 2.75) is 0 Å². The summed E-state index contributed by atoms with van der Waals surface area (Å²) in [4.78, 5) is 12.2. The van der Waals surface area contributed by atoms with Crippen molar-refractivity contribution >= 4 is 33.2 Å². The number of anilines is 2. The van der Waals surface area contributed by atoms with Crippen LogP contribution in [0.3, 0.4) is 0 Å². The van der Waals surface area contributed by atoms with Crippen LogP contribution in [0, 0.1) is 11.3 Å². The molecular weight excluding hydrogens is 334 g/mol. The molecule has 0 saturated heterocycles. The van der Waals surface area contributed by atoms with Crippen LogP contribution in [0.25, 0.3) is 0 Å². The van der Waals surface area contributed by atoms with Crippen LogP contribution in [0.4, 0.5) is 11.4 Å². The Bertz CT molecular complexity index is 738. The maximum absolute atomic E-state index is 12.2. The van der Waals surface area contributed by atoms with Gasteiger partial charge in [-0.25, -0.2) is 0 Å². The molecule has 5 nitrogen and oxygen atoms in total. The Labute approximate surface area is 130 Å². The van der Waals surface area contributed by atoms with Gasteiger partial charge in [0.25, 0.3) is 5.91 Å². The van der Waals surface area contributed by atoms with Gasteiger partial charge in [0.05, 0.1) is 24.0 Å². The lowest BCUT2D eigenvalue weighted by atomic mass is 10.1. The first-order chi connectivity index (χ1) is 10.0. The summed E-state index contributed by atoms with van der Waals surface area (Å²) in [5.41, 5.74) is 7.38.